The van der Waals surface area contributed by atoms with Crippen molar-refractivity contribution in [2.75, 3.05) is 26.8 Å². The number of hydrogen-bond donors (Lipinski definition) is 2. The lowest BCUT2D eigenvalue weighted by Crippen LogP contribution is -2.42. The van der Waals surface area contributed by atoms with Crippen LogP contribution in [0.1, 0.15) is 25.3 Å². The van der Waals surface area contributed by atoms with Crippen LogP contribution < -0.4 is 5.32 Å². The van der Waals surface area contributed by atoms with Crippen LogP contribution in [0.25, 0.3) is 0 Å². The van der Waals surface area contributed by atoms with Crippen LogP contribution in [0, 0.1) is 0 Å². The van der Waals surface area contributed by atoms with E-state index in [1.54, 1.807) is 7.11 Å². The Morgan fingerprint density at radius 1 is 1.38 bits per heavy atom. The van der Waals surface area contributed by atoms with Gasteiger partial charge in [-0.2, -0.15) is 0 Å². The molecule has 1 aromatic rings. The third kappa shape index (κ3) is 5.08. The Bertz CT molecular complexity index is 399. The van der Waals surface area contributed by atoms with Gasteiger partial charge in [-0.3, -0.25) is 4.90 Å². The Kier molecular flexibility index (Phi) is 6.64. The first kappa shape index (κ1) is 16.4. The molecule has 0 spiro atoms. The standard InChI is InChI=1S/C17H28N2O2/c1-3-15(13-21-2)18-10-16-9-17(20)12-19(16)11-14-7-5-4-6-8-14/h4-8,15-18,20H,3,9-13H2,1-2H3. The molecule has 1 saturated heterocycles. The molecule has 1 fully saturated rings. The fourth-order valence-electron chi connectivity index (χ4n) is 3.01. The normalized spacial score (nSPS) is 24.3. The zero-order chi connectivity index (χ0) is 15.1. The number of methoxy groups -OCH3 is 1. The maximum absolute atomic E-state index is 9.98. The first-order valence-electron chi connectivity index (χ1n) is 7.91. The molecule has 3 unspecified atom stereocenters. The third-order valence-corrected chi connectivity index (χ3v) is 4.24. The summed E-state index contributed by atoms with van der Waals surface area (Å²) in [7, 11) is 1.74. The van der Waals surface area contributed by atoms with E-state index in [2.05, 4.69) is 41.4 Å². The van der Waals surface area contributed by atoms with Gasteiger partial charge < -0.3 is 15.2 Å². The second kappa shape index (κ2) is 8.49. The first-order valence-corrected chi connectivity index (χ1v) is 7.91. The van der Waals surface area contributed by atoms with Gasteiger partial charge in [-0.05, 0) is 18.4 Å². The third-order valence-electron chi connectivity index (χ3n) is 4.24. The SMILES string of the molecule is CCC(COC)NCC1CC(O)CN1Cc1ccccc1. The molecular weight excluding hydrogens is 264 g/mol. The van der Waals surface area contributed by atoms with Gasteiger partial charge in [-0.25, -0.2) is 0 Å². The van der Waals surface area contributed by atoms with Crippen molar-refractivity contribution in [1.29, 1.82) is 0 Å². The Balaban J connectivity index is 1.87. The second-order valence-electron chi connectivity index (χ2n) is 5.93. The van der Waals surface area contributed by atoms with Crippen LogP contribution in [0.15, 0.2) is 30.3 Å². The van der Waals surface area contributed by atoms with Crippen LogP contribution in [0.5, 0.6) is 0 Å². The van der Waals surface area contributed by atoms with Gasteiger partial charge in [-0.15, -0.1) is 0 Å². The van der Waals surface area contributed by atoms with E-state index in [1.165, 1.54) is 5.56 Å². The van der Waals surface area contributed by atoms with E-state index in [0.717, 1.165) is 39.1 Å². The highest BCUT2D eigenvalue weighted by Crippen LogP contribution is 2.20. The highest BCUT2D eigenvalue weighted by molar-refractivity contribution is 5.15. The summed E-state index contributed by atoms with van der Waals surface area (Å²) in [5.74, 6) is 0. The molecule has 4 heteroatoms. The molecule has 118 valence electrons. The number of benzene rings is 1. The molecule has 0 aliphatic carbocycles. The van der Waals surface area contributed by atoms with Gasteiger partial charge in [0.1, 0.15) is 0 Å². The van der Waals surface area contributed by atoms with Crippen LogP contribution in [0.4, 0.5) is 0 Å². The summed E-state index contributed by atoms with van der Waals surface area (Å²) in [6.45, 7) is 5.49. The minimum Gasteiger partial charge on any atom is -0.392 e. The molecule has 1 aromatic carbocycles. The molecule has 2 N–H and O–H groups in total. The molecule has 0 amide bonds. The molecule has 0 aromatic heterocycles. The molecule has 4 nitrogen and oxygen atoms in total. The number of aliphatic hydroxyl groups excluding tert-OH is 1. The van der Waals surface area contributed by atoms with Crippen molar-refractivity contribution in [3.8, 4) is 0 Å². The van der Waals surface area contributed by atoms with E-state index in [0.29, 0.717) is 12.1 Å². The minimum absolute atomic E-state index is 0.206. The van der Waals surface area contributed by atoms with Gasteiger partial charge in [0.2, 0.25) is 0 Å². The highest BCUT2D eigenvalue weighted by Gasteiger charge is 2.30. The zero-order valence-corrected chi connectivity index (χ0v) is 13.2. The van der Waals surface area contributed by atoms with Crippen molar-refractivity contribution in [1.82, 2.24) is 10.2 Å². The van der Waals surface area contributed by atoms with E-state index in [-0.39, 0.29) is 6.10 Å². The van der Waals surface area contributed by atoms with Gasteiger partial charge in [0.15, 0.2) is 0 Å². The van der Waals surface area contributed by atoms with E-state index in [4.69, 9.17) is 4.74 Å². The number of ether oxygens (including phenoxy) is 1. The number of aliphatic hydroxyl groups is 1. The lowest BCUT2D eigenvalue weighted by Gasteiger charge is -2.26. The molecule has 0 radical (unpaired) electrons. The second-order valence-corrected chi connectivity index (χ2v) is 5.93. The monoisotopic (exact) mass is 292 g/mol. The molecule has 1 aliphatic heterocycles. The largest absolute Gasteiger partial charge is 0.392 e. The van der Waals surface area contributed by atoms with Crippen LogP contribution in [-0.4, -0.2) is 55.0 Å². The maximum atomic E-state index is 9.98. The van der Waals surface area contributed by atoms with Crippen LogP contribution in [0.3, 0.4) is 0 Å². The van der Waals surface area contributed by atoms with Gasteiger partial charge in [0, 0.05) is 38.8 Å². The Labute approximate surface area is 128 Å². The average molecular weight is 292 g/mol. The number of nitrogens with one attached hydrogen (secondary N) is 1. The molecule has 0 saturated carbocycles. The van der Waals surface area contributed by atoms with E-state index in [9.17, 15) is 5.11 Å². The van der Waals surface area contributed by atoms with E-state index >= 15 is 0 Å². The van der Waals surface area contributed by atoms with Crippen LogP contribution in [0.2, 0.25) is 0 Å². The summed E-state index contributed by atoms with van der Waals surface area (Å²) >= 11 is 0. The number of β-amino-alcohol motifs (C(OH)–C–C–N with tert-alkyl or cyclic N) is 1. The summed E-state index contributed by atoms with van der Waals surface area (Å²) in [6, 6.07) is 11.3. The fraction of sp³-hybridized carbons (Fsp3) is 0.647. The van der Waals surface area contributed by atoms with Crippen molar-refractivity contribution >= 4 is 0 Å². The van der Waals surface area contributed by atoms with Crippen molar-refractivity contribution in [3.05, 3.63) is 35.9 Å². The van der Waals surface area contributed by atoms with Crippen LogP contribution in [-0.2, 0) is 11.3 Å². The van der Waals surface area contributed by atoms with Crippen molar-refractivity contribution in [3.63, 3.8) is 0 Å². The quantitative estimate of drug-likeness (QED) is 0.764. The lowest BCUT2D eigenvalue weighted by molar-refractivity contribution is 0.155. The van der Waals surface area contributed by atoms with E-state index < -0.39 is 0 Å². The van der Waals surface area contributed by atoms with Gasteiger partial charge in [0.05, 0.1) is 12.7 Å². The summed E-state index contributed by atoms with van der Waals surface area (Å²) < 4.78 is 5.23. The van der Waals surface area contributed by atoms with Crippen molar-refractivity contribution < 1.29 is 9.84 Å². The molecule has 3 atom stereocenters. The molecule has 0 bridgehead atoms. The summed E-state index contributed by atoms with van der Waals surface area (Å²) in [5.41, 5.74) is 1.31. The molecule has 2 rings (SSSR count). The minimum atomic E-state index is -0.206. The van der Waals surface area contributed by atoms with Crippen molar-refractivity contribution in [2.24, 2.45) is 0 Å². The average Bonchev–Trinajstić information content (AvgIpc) is 2.84. The predicted octanol–water partition coefficient (Wildman–Crippen LogP) is 1.64. The number of likely N-dealkylation sites (tertiary alicyclic amines) is 1. The number of hydrogen-bond acceptors (Lipinski definition) is 4. The van der Waals surface area contributed by atoms with Crippen LogP contribution >= 0.6 is 0 Å². The molecule has 21 heavy (non-hydrogen) atoms. The lowest BCUT2D eigenvalue weighted by atomic mass is 10.1. The van der Waals surface area contributed by atoms with Crippen molar-refractivity contribution in [2.45, 2.75) is 44.5 Å². The summed E-state index contributed by atoms with van der Waals surface area (Å²) in [4.78, 5) is 2.38. The van der Waals surface area contributed by atoms with Gasteiger partial charge in [0.25, 0.3) is 0 Å². The number of rotatable bonds is 8. The molecule has 1 heterocycles. The van der Waals surface area contributed by atoms with Gasteiger partial charge in [-0.1, -0.05) is 37.3 Å². The first-order chi connectivity index (χ1) is 10.2. The topological polar surface area (TPSA) is 44.7 Å². The Morgan fingerprint density at radius 3 is 2.81 bits per heavy atom. The molecular formula is C17H28N2O2. The fourth-order valence-corrected chi connectivity index (χ4v) is 3.01. The van der Waals surface area contributed by atoms with E-state index in [1.807, 2.05) is 6.07 Å². The molecule has 1 aliphatic rings. The highest BCUT2D eigenvalue weighted by atomic mass is 16.5. The number of nitrogens with zero attached hydrogens (tertiary/aromatic N) is 1. The summed E-state index contributed by atoms with van der Waals surface area (Å²) in [5, 5.41) is 13.6. The zero-order valence-electron chi connectivity index (χ0n) is 13.2. The predicted molar refractivity (Wildman–Crippen MR) is 85.2 cm³/mol. The Hall–Kier alpha value is -0.940. The smallest absolute Gasteiger partial charge is 0.0682 e. The maximum Gasteiger partial charge on any atom is 0.0682 e. The Morgan fingerprint density at radius 2 is 2.14 bits per heavy atom. The van der Waals surface area contributed by atoms with Gasteiger partial charge >= 0.3 is 0 Å². The summed E-state index contributed by atoms with van der Waals surface area (Å²) in [6.07, 6.45) is 1.70.